The molecule has 2 nitrogen and oxygen atoms in total. The van der Waals surface area contributed by atoms with E-state index in [2.05, 4.69) is 55.7 Å². The Hall–Kier alpha value is -1.54. The minimum absolute atomic E-state index is 0.582. The summed E-state index contributed by atoms with van der Waals surface area (Å²) in [7, 11) is 0. The molecule has 0 spiro atoms. The molecule has 84 valence electrons. The molecule has 0 fully saturated rings. The van der Waals surface area contributed by atoms with E-state index in [1.807, 2.05) is 0 Å². The first-order valence-corrected chi connectivity index (χ1v) is 5.59. The third-order valence-electron chi connectivity index (χ3n) is 3.10. The van der Waals surface area contributed by atoms with Crippen molar-refractivity contribution in [3.05, 3.63) is 52.8 Å². The lowest BCUT2D eigenvalue weighted by molar-refractivity contribution is 0.921. The van der Waals surface area contributed by atoms with Crippen molar-refractivity contribution in [2.75, 3.05) is 0 Å². The van der Waals surface area contributed by atoms with Crippen molar-refractivity contribution in [3.8, 4) is 5.69 Å². The van der Waals surface area contributed by atoms with E-state index in [0.29, 0.717) is 6.54 Å². The number of aromatic nitrogens is 1. The zero-order valence-corrected chi connectivity index (χ0v) is 10.1. The predicted molar refractivity (Wildman–Crippen MR) is 67.9 cm³/mol. The minimum atomic E-state index is 0.582. The van der Waals surface area contributed by atoms with Gasteiger partial charge in [0.2, 0.25) is 0 Å². The average molecular weight is 214 g/mol. The monoisotopic (exact) mass is 214 g/mol. The van der Waals surface area contributed by atoms with Gasteiger partial charge in [0.25, 0.3) is 0 Å². The number of nitrogens with two attached hydrogens (primary N) is 1. The molecule has 0 aliphatic heterocycles. The van der Waals surface area contributed by atoms with Crippen LogP contribution in [0.4, 0.5) is 0 Å². The number of hydrogen-bond donors (Lipinski definition) is 1. The van der Waals surface area contributed by atoms with Crippen LogP contribution in [0.3, 0.4) is 0 Å². The Balaban J connectivity index is 2.69. The van der Waals surface area contributed by atoms with Gasteiger partial charge in [0.15, 0.2) is 0 Å². The highest BCUT2D eigenvalue weighted by atomic mass is 15.0. The fraction of sp³-hybridized carbons (Fsp3) is 0.286. The van der Waals surface area contributed by atoms with Gasteiger partial charge in [0.1, 0.15) is 0 Å². The summed E-state index contributed by atoms with van der Waals surface area (Å²) in [5, 5.41) is 0. The average Bonchev–Trinajstić information content (AvgIpc) is 2.58. The van der Waals surface area contributed by atoms with Crippen molar-refractivity contribution in [1.82, 2.24) is 4.57 Å². The molecule has 2 aromatic rings. The van der Waals surface area contributed by atoms with Gasteiger partial charge in [-0.1, -0.05) is 12.1 Å². The van der Waals surface area contributed by atoms with Crippen LogP contribution in [-0.4, -0.2) is 4.57 Å². The Labute approximate surface area is 96.7 Å². The molecular formula is C14H18N2. The van der Waals surface area contributed by atoms with Crippen molar-refractivity contribution in [1.29, 1.82) is 0 Å². The van der Waals surface area contributed by atoms with E-state index in [1.165, 1.54) is 28.2 Å². The summed E-state index contributed by atoms with van der Waals surface area (Å²) in [6.45, 7) is 6.93. The highest BCUT2D eigenvalue weighted by Gasteiger charge is 2.09. The Morgan fingerprint density at radius 2 is 1.62 bits per heavy atom. The fourth-order valence-corrected chi connectivity index (χ4v) is 2.21. The van der Waals surface area contributed by atoms with Crippen LogP contribution < -0.4 is 5.73 Å². The molecule has 0 amide bonds. The summed E-state index contributed by atoms with van der Waals surface area (Å²) >= 11 is 0. The van der Waals surface area contributed by atoms with Gasteiger partial charge in [-0.3, -0.25) is 0 Å². The summed E-state index contributed by atoms with van der Waals surface area (Å²) in [6, 6.07) is 10.6. The third-order valence-corrected chi connectivity index (χ3v) is 3.10. The van der Waals surface area contributed by atoms with E-state index in [1.54, 1.807) is 0 Å². The number of aryl methyl sites for hydroxylation is 3. The van der Waals surface area contributed by atoms with Crippen LogP contribution in [0.25, 0.3) is 5.69 Å². The molecule has 0 atom stereocenters. The summed E-state index contributed by atoms with van der Waals surface area (Å²) in [4.78, 5) is 0. The molecule has 1 heterocycles. The van der Waals surface area contributed by atoms with E-state index in [9.17, 15) is 0 Å². The zero-order valence-electron chi connectivity index (χ0n) is 10.1. The highest BCUT2D eigenvalue weighted by molar-refractivity contribution is 5.48. The van der Waals surface area contributed by atoms with E-state index in [-0.39, 0.29) is 0 Å². The third kappa shape index (κ3) is 1.65. The molecule has 0 unspecified atom stereocenters. The quantitative estimate of drug-likeness (QED) is 0.818. The number of rotatable bonds is 2. The molecule has 2 heteroatoms. The van der Waals surface area contributed by atoms with Crippen LogP contribution in [-0.2, 0) is 6.54 Å². The molecule has 0 aliphatic rings. The zero-order chi connectivity index (χ0) is 11.7. The van der Waals surface area contributed by atoms with Gasteiger partial charge in [-0.2, -0.15) is 0 Å². The number of benzene rings is 1. The molecule has 16 heavy (non-hydrogen) atoms. The van der Waals surface area contributed by atoms with Gasteiger partial charge in [-0.25, -0.2) is 0 Å². The van der Waals surface area contributed by atoms with E-state index < -0.39 is 0 Å². The van der Waals surface area contributed by atoms with Crippen LogP contribution in [0.2, 0.25) is 0 Å². The summed E-state index contributed by atoms with van der Waals surface area (Å²) < 4.78 is 2.26. The van der Waals surface area contributed by atoms with Crippen molar-refractivity contribution in [2.45, 2.75) is 27.3 Å². The van der Waals surface area contributed by atoms with E-state index >= 15 is 0 Å². The molecule has 1 aromatic carbocycles. The number of hydrogen-bond acceptors (Lipinski definition) is 1. The first kappa shape index (κ1) is 11.0. The predicted octanol–water partition coefficient (Wildman–Crippen LogP) is 2.86. The van der Waals surface area contributed by atoms with Crippen LogP contribution in [0.5, 0.6) is 0 Å². The van der Waals surface area contributed by atoms with Gasteiger partial charge in [0.05, 0.1) is 5.69 Å². The Kier molecular flexibility index (Phi) is 2.84. The smallest absolute Gasteiger partial charge is 0.0502 e. The summed E-state index contributed by atoms with van der Waals surface area (Å²) in [5.74, 6) is 0. The molecule has 2 N–H and O–H groups in total. The molecule has 2 rings (SSSR count). The lowest BCUT2D eigenvalue weighted by Gasteiger charge is -2.15. The lowest BCUT2D eigenvalue weighted by atomic mass is 10.1. The van der Waals surface area contributed by atoms with Crippen LogP contribution in [0.15, 0.2) is 30.3 Å². The van der Waals surface area contributed by atoms with E-state index in [4.69, 9.17) is 5.73 Å². The van der Waals surface area contributed by atoms with Crippen molar-refractivity contribution < 1.29 is 0 Å². The maximum atomic E-state index is 5.84. The molecule has 0 saturated carbocycles. The second-order valence-corrected chi connectivity index (χ2v) is 4.23. The standard InChI is InChI=1S/C14H18N2/c1-10-5-4-6-14(13(10)9-15)16-11(2)7-8-12(16)3/h4-8H,9,15H2,1-3H3. The SMILES string of the molecule is Cc1cccc(-n2c(C)ccc2C)c1CN. The maximum absolute atomic E-state index is 5.84. The van der Waals surface area contributed by atoms with Crippen molar-refractivity contribution in [3.63, 3.8) is 0 Å². The van der Waals surface area contributed by atoms with Crippen LogP contribution in [0, 0.1) is 20.8 Å². The van der Waals surface area contributed by atoms with Gasteiger partial charge in [-0.15, -0.1) is 0 Å². The highest BCUT2D eigenvalue weighted by Crippen LogP contribution is 2.22. The summed E-state index contributed by atoms with van der Waals surface area (Å²) in [5.41, 5.74) is 12.0. The second-order valence-electron chi connectivity index (χ2n) is 4.23. The van der Waals surface area contributed by atoms with Crippen LogP contribution in [0.1, 0.15) is 22.5 Å². The van der Waals surface area contributed by atoms with Gasteiger partial charge in [0, 0.05) is 17.9 Å². The molecule has 0 bridgehead atoms. The molecule has 0 saturated heterocycles. The minimum Gasteiger partial charge on any atom is -0.326 e. The van der Waals surface area contributed by atoms with Gasteiger partial charge < -0.3 is 10.3 Å². The first-order valence-electron chi connectivity index (χ1n) is 5.59. The van der Waals surface area contributed by atoms with Gasteiger partial charge >= 0.3 is 0 Å². The lowest BCUT2D eigenvalue weighted by Crippen LogP contribution is -2.08. The Morgan fingerprint density at radius 3 is 2.19 bits per heavy atom. The van der Waals surface area contributed by atoms with E-state index in [0.717, 1.165) is 0 Å². The first-order chi connectivity index (χ1) is 7.65. The normalized spacial score (nSPS) is 10.8. The molecule has 1 aromatic heterocycles. The maximum Gasteiger partial charge on any atom is 0.0502 e. The van der Waals surface area contributed by atoms with Crippen LogP contribution >= 0.6 is 0 Å². The Morgan fingerprint density at radius 1 is 1.00 bits per heavy atom. The largest absolute Gasteiger partial charge is 0.326 e. The molecule has 0 radical (unpaired) electrons. The fourth-order valence-electron chi connectivity index (χ4n) is 2.21. The second kappa shape index (κ2) is 4.14. The molecule has 0 aliphatic carbocycles. The van der Waals surface area contributed by atoms with Gasteiger partial charge in [-0.05, 0) is 50.1 Å². The number of nitrogens with zero attached hydrogens (tertiary/aromatic N) is 1. The van der Waals surface area contributed by atoms with Crippen molar-refractivity contribution >= 4 is 0 Å². The molecular weight excluding hydrogens is 196 g/mol. The summed E-state index contributed by atoms with van der Waals surface area (Å²) in [6.07, 6.45) is 0. The topological polar surface area (TPSA) is 30.9 Å². The Bertz CT molecular complexity index is 490. The van der Waals surface area contributed by atoms with Crippen molar-refractivity contribution in [2.24, 2.45) is 5.73 Å².